The van der Waals surface area contributed by atoms with E-state index in [1.165, 1.54) is 0 Å². The van der Waals surface area contributed by atoms with Gasteiger partial charge in [0.15, 0.2) is 5.75 Å². The van der Waals surface area contributed by atoms with Crippen LogP contribution in [-0.2, 0) is 10.6 Å². The smallest absolute Gasteiger partial charge is 0.160 e. The first-order chi connectivity index (χ1) is 9.63. The summed E-state index contributed by atoms with van der Waals surface area (Å²) >= 11 is 5.99. The zero-order valence-electron chi connectivity index (χ0n) is 12.4. The molecular formula is C15H23ClN2O2. The van der Waals surface area contributed by atoms with E-state index in [0.29, 0.717) is 23.7 Å². The van der Waals surface area contributed by atoms with Crippen LogP contribution >= 0.6 is 11.6 Å². The Morgan fingerprint density at radius 3 is 2.75 bits per heavy atom. The third-order valence-corrected chi connectivity index (χ3v) is 3.95. The van der Waals surface area contributed by atoms with E-state index in [2.05, 4.69) is 23.8 Å². The lowest BCUT2D eigenvalue weighted by Crippen LogP contribution is -2.29. The van der Waals surface area contributed by atoms with Crippen LogP contribution in [0.1, 0.15) is 57.0 Å². The highest BCUT2D eigenvalue weighted by Gasteiger charge is 2.24. The van der Waals surface area contributed by atoms with Crippen molar-refractivity contribution in [2.45, 2.75) is 63.5 Å². The van der Waals surface area contributed by atoms with E-state index in [1.807, 2.05) is 0 Å². The number of ether oxygens (including phenoxy) is 2. The fraction of sp³-hybridized carbons (Fsp3) is 0.733. The number of hydrogen-bond donors (Lipinski definition) is 0. The van der Waals surface area contributed by atoms with E-state index < -0.39 is 0 Å². The number of aromatic nitrogens is 2. The van der Waals surface area contributed by atoms with Crippen LogP contribution in [-0.4, -0.2) is 29.3 Å². The lowest BCUT2D eigenvalue weighted by atomic mass is 9.95. The minimum Gasteiger partial charge on any atom is -0.487 e. The molecule has 0 amide bonds. The molecule has 2 unspecified atom stereocenters. The monoisotopic (exact) mass is 298 g/mol. The highest BCUT2D eigenvalue weighted by molar-refractivity contribution is 6.17. The average Bonchev–Trinajstić information content (AvgIpc) is 2.47. The van der Waals surface area contributed by atoms with Crippen molar-refractivity contribution in [1.29, 1.82) is 0 Å². The molecule has 0 aliphatic heterocycles. The van der Waals surface area contributed by atoms with E-state index in [-0.39, 0.29) is 6.10 Å². The second kappa shape index (κ2) is 7.23. The third-order valence-electron chi connectivity index (χ3n) is 3.70. The minimum atomic E-state index is 0.171. The van der Waals surface area contributed by atoms with Crippen molar-refractivity contribution in [1.82, 2.24) is 9.97 Å². The normalized spacial score (nSPS) is 23.1. The molecule has 1 saturated carbocycles. The first kappa shape index (κ1) is 15.5. The Bertz CT molecular complexity index is 440. The Kier molecular flexibility index (Phi) is 5.61. The highest BCUT2D eigenvalue weighted by Crippen LogP contribution is 2.27. The van der Waals surface area contributed by atoms with Gasteiger partial charge in [-0.25, -0.2) is 9.97 Å². The highest BCUT2D eigenvalue weighted by atomic mass is 35.5. The Morgan fingerprint density at radius 1 is 1.35 bits per heavy atom. The van der Waals surface area contributed by atoms with Crippen molar-refractivity contribution in [2.75, 3.05) is 7.11 Å². The van der Waals surface area contributed by atoms with Gasteiger partial charge in [0, 0.05) is 19.4 Å². The molecule has 112 valence electrons. The van der Waals surface area contributed by atoms with Crippen molar-refractivity contribution < 1.29 is 9.47 Å². The minimum absolute atomic E-state index is 0.171. The number of alkyl halides is 1. The maximum Gasteiger partial charge on any atom is 0.160 e. The van der Waals surface area contributed by atoms with Crippen molar-refractivity contribution in [3.05, 3.63) is 17.7 Å². The Balaban J connectivity index is 2.08. The summed E-state index contributed by atoms with van der Waals surface area (Å²) in [7, 11) is 1.76. The molecule has 0 bridgehead atoms. The van der Waals surface area contributed by atoms with Crippen LogP contribution in [0.5, 0.6) is 5.75 Å². The molecule has 1 aliphatic rings. The Labute approximate surface area is 125 Å². The van der Waals surface area contributed by atoms with E-state index in [9.17, 15) is 0 Å². The predicted octanol–water partition coefficient (Wildman–Crippen LogP) is 3.68. The lowest BCUT2D eigenvalue weighted by molar-refractivity contribution is 0.0204. The van der Waals surface area contributed by atoms with Crippen molar-refractivity contribution in [3.63, 3.8) is 0 Å². The van der Waals surface area contributed by atoms with Gasteiger partial charge in [0.2, 0.25) is 0 Å². The average molecular weight is 299 g/mol. The van der Waals surface area contributed by atoms with E-state index in [1.54, 1.807) is 13.3 Å². The molecule has 5 heteroatoms. The molecule has 0 N–H and O–H groups in total. The Morgan fingerprint density at radius 2 is 2.10 bits per heavy atom. The standard InChI is InChI=1S/C15H23ClN2O2/c1-10(2)15-17-9-14(13(8-16)18-15)20-12-6-4-5-11(7-12)19-3/h9-12H,4-8H2,1-3H3. The summed E-state index contributed by atoms with van der Waals surface area (Å²) in [5.74, 6) is 2.16. The molecule has 0 spiro atoms. The van der Waals surface area contributed by atoms with Gasteiger partial charge in [-0.15, -0.1) is 11.6 Å². The molecule has 2 rings (SSSR count). The van der Waals surface area contributed by atoms with Crippen LogP contribution in [0.25, 0.3) is 0 Å². The molecule has 0 saturated heterocycles. The predicted molar refractivity (Wildman–Crippen MR) is 79.4 cm³/mol. The van der Waals surface area contributed by atoms with Gasteiger partial charge in [-0.3, -0.25) is 0 Å². The van der Waals surface area contributed by atoms with E-state index in [0.717, 1.165) is 37.2 Å². The van der Waals surface area contributed by atoms with Gasteiger partial charge in [0.25, 0.3) is 0 Å². The van der Waals surface area contributed by atoms with Gasteiger partial charge >= 0.3 is 0 Å². The fourth-order valence-corrected chi connectivity index (χ4v) is 2.69. The van der Waals surface area contributed by atoms with Gasteiger partial charge in [0.05, 0.1) is 18.2 Å². The van der Waals surface area contributed by atoms with Gasteiger partial charge in [-0.05, 0) is 19.3 Å². The molecule has 1 aromatic rings. The van der Waals surface area contributed by atoms with Gasteiger partial charge in [-0.2, -0.15) is 0 Å². The zero-order valence-corrected chi connectivity index (χ0v) is 13.2. The molecule has 0 aromatic carbocycles. The Hall–Kier alpha value is -0.870. The molecule has 20 heavy (non-hydrogen) atoms. The summed E-state index contributed by atoms with van der Waals surface area (Å²) in [6, 6.07) is 0. The summed E-state index contributed by atoms with van der Waals surface area (Å²) in [6.45, 7) is 4.14. The summed E-state index contributed by atoms with van der Waals surface area (Å²) < 4.78 is 11.5. The van der Waals surface area contributed by atoms with Crippen molar-refractivity contribution in [3.8, 4) is 5.75 Å². The number of methoxy groups -OCH3 is 1. The summed E-state index contributed by atoms with van der Waals surface area (Å²) in [4.78, 5) is 8.86. The van der Waals surface area contributed by atoms with Crippen molar-refractivity contribution in [2.24, 2.45) is 0 Å². The number of nitrogens with zero attached hydrogens (tertiary/aromatic N) is 2. The van der Waals surface area contributed by atoms with E-state index in [4.69, 9.17) is 21.1 Å². The molecule has 1 aromatic heterocycles. The molecule has 2 atom stereocenters. The summed E-state index contributed by atoms with van der Waals surface area (Å²) in [5, 5.41) is 0. The first-order valence-corrected chi connectivity index (χ1v) is 7.78. The molecule has 1 fully saturated rings. The van der Waals surface area contributed by atoms with Gasteiger partial charge < -0.3 is 9.47 Å². The van der Waals surface area contributed by atoms with E-state index >= 15 is 0 Å². The van der Waals surface area contributed by atoms with Crippen molar-refractivity contribution >= 4 is 11.6 Å². The van der Waals surface area contributed by atoms with Gasteiger partial charge in [0.1, 0.15) is 17.6 Å². The largest absolute Gasteiger partial charge is 0.487 e. The second-order valence-corrected chi connectivity index (χ2v) is 5.86. The quantitative estimate of drug-likeness (QED) is 0.778. The summed E-state index contributed by atoms with van der Waals surface area (Å²) in [6.07, 6.45) is 6.44. The number of rotatable bonds is 5. The number of hydrogen-bond acceptors (Lipinski definition) is 4. The molecular weight excluding hydrogens is 276 g/mol. The lowest BCUT2D eigenvalue weighted by Gasteiger charge is -2.29. The first-order valence-electron chi connectivity index (χ1n) is 7.25. The van der Waals surface area contributed by atoms with Crippen LogP contribution in [0, 0.1) is 0 Å². The summed E-state index contributed by atoms with van der Waals surface area (Å²) in [5.41, 5.74) is 0.782. The van der Waals surface area contributed by atoms with Crippen LogP contribution in [0.2, 0.25) is 0 Å². The number of halogens is 1. The second-order valence-electron chi connectivity index (χ2n) is 5.59. The molecule has 1 heterocycles. The topological polar surface area (TPSA) is 44.2 Å². The SMILES string of the molecule is COC1CCCC(Oc2cnc(C(C)C)nc2CCl)C1. The maximum absolute atomic E-state index is 6.05. The zero-order chi connectivity index (χ0) is 14.5. The molecule has 0 radical (unpaired) electrons. The molecule has 4 nitrogen and oxygen atoms in total. The van der Waals surface area contributed by atoms with Crippen LogP contribution in [0.3, 0.4) is 0 Å². The van der Waals surface area contributed by atoms with Crippen LogP contribution < -0.4 is 4.74 Å². The molecule has 1 aliphatic carbocycles. The van der Waals surface area contributed by atoms with Crippen LogP contribution in [0.15, 0.2) is 6.20 Å². The maximum atomic E-state index is 6.05. The van der Waals surface area contributed by atoms with Crippen LogP contribution in [0.4, 0.5) is 0 Å². The fourth-order valence-electron chi connectivity index (χ4n) is 2.50. The van der Waals surface area contributed by atoms with Gasteiger partial charge in [-0.1, -0.05) is 13.8 Å². The third kappa shape index (κ3) is 3.83.